The zero-order chi connectivity index (χ0) is 20.0. The van der Waals surface area contributed by atoms with Gasteiger partial charge in [-0.1, -0.05) is 12.1 Å². The summed E-state index contributed by atoms with van der Waals surface area (Å²) in [5.74, 6) is -0.125. The Hall–Kier alpha value is -2.64. The Kier molecular flexibility index (Phi) is 4.64. The lowest BCUT2D eigenvalue weighted by molar-refractivity contribution is 0.0959. The van der Waals surface area contributed by atoms with Crippen LogP contribution in [-0.4, -0.2) is 42.6 Å². The summed E-state index contributed by atoms with van der Waals surface area (Å²) in [7, 11) is 0. The highest BCUT2D eigenvalue weighted by Crippen LogP contribution is 2.32. The third-order valence-corrected chi connectivity index (χ3v) is 7.08. The van der Waals surface area contributed by atoms with E-state index in [9.17, 15) is 4.79 Å². The third kappa shape index (κ3) is 3.45. The van der Waals surface area contributed by atoms with Crippen molar-refractivity contribution in [1.29, 1.82) is 0 Å². The normalized spacial score (nSPS) is 20.5. The molecule has 29 heavy (non-hydrogen) atoms. The fraction of sp³-hybridized carbons (Fsp3) is 0.364. The lowest BCUT2D eigenvalue weighted by Gasteiger charge is -2.29. The predicted octanol–water partition coefficient (Wildman–Crippen LogP) is 2.71. The van der Waals surface area contributed by atoms with Gasteiger partial charge in [-0.2, -0.15) is 0 Å². The van der Waals surface area contributed by atoms with Gasteiger partial charge in [0.05, 0.1) is 5.69 Å². The predicted molar refractivity (Wildman–Crippen MR) is 119 cm³/mol. The lowest BCUT2D eigenvalue weighted by atomic mass is 10.1. The van der Waals surface area contributed by atoms with Gasteiger partial charge in [-0.3, -0.25) is 4.79 Å². The van der Waals surface area contributed by atoms with E-state index in [1.54, 1.807) is 0 Å². The van der Waals surface area contributed by atoms with Crippen molar-refractivity contribution in [1.82, 2.24) is 15.6 Å². The van der Waals surface area contributed by atoms with Gasteiger partial charge in [-0.15, -0.1) is 11.3 Å². The summed E-state index contributed by atoms with van der Waals surface area (Å²) in [6.07, 6.45) is 2.05. The van der Waals surface area contributed by atoms with Gasteiger partial charge < -0.3 is 21.3 Å². The topological polar surface area (TPSA) is 83.3 Å². The highest BCUT2D eigenvalue weighted by atomic mass is 32.1. The number of anilines is 2. The first-order chi connectivity index (χ1) is 14.1. The summed E-state index contributed by atoms with van der Waals surface area (Å²) >= 11 is 1.36. The number of aromatic nitrogens is 1. The number of benzene rings is 1. The molecule has 6 nitrogen and oxygen atoms in total. The van der Waals surface area contributed by atoms with E-state index in [2.05, 4.69) is 44.8 Å². The Morgan fingerprint density at radius 1 is 1.31 bits per heavy atom. The van der Waals surface area contributed by atoms with Gasteiger partial charge in [0.25, 0.3) is 5.91 Å². The number of carbonyl (C=O) groups is 1. The van der Waals surface area contributed by atoms with E-state index < -0.39 is 0 Å². The minimum absolute atomic E-state index is 0.125. The number of piperazine rings is 1. The second-order valence-electron chi connectivity index (χ2n) is 7.97. The number of nitrogens with zero attached hydrogens (tertiary/aromatic N) is 2. The average Bonchev–Trinajstić information content (AvgIpc) is 3.43. The molecule has 0 aliphatic carbocycles. The first-order valence-corrected chi connectivity index (χ1v) is 10.9. The smallest absolute Gasteiger partial charge is 0.263 e. The molecule has 4 heterocycles. The van der Waals surface area contributed by atoms with Crippen molar-refractivity contribution in [2.75, 3.05) is 30.3 Å². The minimum Gasteiger partial charge on any atom is -0.397 e. The number of rotatable bonds is 5. The maximum absolute atomic E-state index is 12.6. The molecule has 2 fully saturated rings. The third-order valence-electron chi connectivity index (χ3n) is 5.96. The molecular formula is C22H25N5OS. The van der Waals surface area contributed by atoms with E-state index in [4.69, 9.17) is 5.73 Å². The molecule has 1 aromatic carbocycles. The average molecular weight is 408 g/mol. The molecule has 2 aromatic heterocycles. The van der Waals surface area contributed by atoms with Crippen LogP contribution < -0.4 is 21.3 Å². The number of amides is 1. The molecule has 2 aliphatic rings. The van der Waals surface area contributed by atoms with Gasteiger partial charge in [0, 0.05) is 48.5 Å². The second-order valence-corrected chi connectivity index (χ2v) is 8.97. The number of nitrogens with two attached hydrogens (primary N) is 1. The van der Waals surface area contributed by atoms with E-state index in [0.29, 0.717) is 29.2 Å². The molecule has 2 unspecified atom stereocenters. The Labute approximate surface area is 174 Å². The fourth-order valence-corrected chi connectivity index (χ4v) is 5.45. The molecule has 3 aromatic rings. The molecule has 0 spiro atoms. The van der Waals surface area contributed by atoms with E-state index >= 15 is 0 Å². The van der Waals surface area contributed by atoms with Gasteiger partial charge in [-0.05, 0) is 49.6 Å². The largest absolute Gasteiger partial charge is 0.397 e. The molecule has 1 amide bonds. The van der Waals surface area contributed by atoms with Crippen LogP contribution in [0, 0.1) is 6.92 Å². The number of carbonyl (C=O) groups excluding carboxylic acids is 1. The molecule has 2 atom stereocenters. The Bertz CT molecular complexity index is 1060. The van der Waals surface area contributed by atoms with Gasteiger partial charge >= 0.3 is 0 Å². The highest BCUT2D eigenvalue weighted by Gasteiger charge is 2.37. The number of fused-ring (bicyclic) bond motifs is 3. The van der Waals surface area contributed by atoms with Crippen molar-refractivity contribution in [2.45, 2.75) is 31.8 Å². The van der Waals surface area contributed by atoms with Crippen LogP contribution in [-0.2, 0) is 6.42 Å². The van der Waals surface area contributed by atoms with Crippen LogP contribution >= 0.6 is 11.3 Å². The number of nitrogens with one attached hydrogen (secondary N) is 2. The molecule has 0 saturated carbocycles. The molecule has 2 aliphatic heterocycles. The number of hydrogen-bond acceptors (Lipinski definition) is 6. The van der Waals surface area contributed by atoms with Crippen molar-refractivity contribution >= 4 is 38.8 Å². The quantitative estimate of drug-likeness (QED) is 0.606. The Morgan fingerprint density at radius 2 is 2.14 bits per heavy atom. The number of pyridine rings is 1. The van der Waals surface area contributed by atoms with Gasteiger partial charge in [0.2, 0.25) is 0 Å². The molecule has 150 valence electrons. The van der Waals surface area contributed by atoms with E-state index in [1.807, 2.05) is 19.1 Å². The van der Waals surface area contributed by atoms with Crippen LogP contribution in [0.15, 0.2) is 36.4 Å². The van der Waals surface area contributed by atoms with E-state index in [1.165, 1.54) is 29.0 Å². The molecule has 4 N–H and O–H groups in total. The van der Waals surface area contributed by atoms with Crippen molar-refractivity contribution in [2.24, 2.45) is 0 Å². The summed E-state index contributed by atoms with van der Waals surface area (Å²) in [6.45, 7) is 4.71. The van der Waals surface area contributed by atoms with Gasteiger partial charge in [0.15, 0.2) is 0 Å². The lowest BCUT2D eigenvalue weighted by Crippen LogP contribution is -2.43. The Balaban J connectivity index is 1.19. The maximum atomic E-state index is 12.6. The van der Waals surface area contributed by atoms with Crippen LogP contribution in [0.3, 0.4) is 0 Å². The van der Waals surface area contributed by atoms with Crippen LogP contribution in [0.4, 0.5) is 11.4 Å². The second kappa shape index (κ2) is 7.31. The molecule has 0 radical (unpaired) electrons. The van der Waals surface area contributed by atoms with Gasteiger partial charge in [0.1, 0.15) is 9.71 Å². The molecule has 2 saturated heterocycles. The van der Waals surface area contributed by atoms with Crippen LogP contribution in [0.1, 0.15) is 27.3 Å². The number of aryl methyl sites for hydroxylation is 1. The molecule has 7 heteroatoms. The van der Waals surface area contributed by atoms with Crippen molar-refractivity contribution < 1.29 is 4.79 Å². The van der Waals surface area contributed by atoms with Crippen LogP contribution in [0.25, 0.3) is 10.2 Å². The van der Waals surface area contributed by atoms with Gasteiger partial charge in [-0.25, -0.2) is 4.98 Å². The first-order valence-electron chi connectivity index (χ1n) is 10.1. The number of thiophene rings is 1. The number of hydrogen-bond donors (Lipinski definition) is 3. The summed E-state index contributed by atoms with van der Waals surface area (Å²) in [6, 6.07) is 13.9. The monoisotopic (exact) mass is 407 g/mol. The standard InChI is InChI=1S/C22H25N5OS/c1-13-2-7-18-19(23)20(29-22(18)26-13)21(28)24-9-8-14-3-5-16(6-4-14)27-12-15-10-17(27)11-25-15/h2-7,15,17,25H,8-12,23H2,1H3,(H,24,28). The van der Waals surface area contributed by atoms with Crippen molar-refractivity contribution in [3.63, 3.8) is 0 Å². The maximum Gasteiger partial charge on any atom is 0.263 e. The SMILES string of the molecule is Cc1ccc2c(N)c(C(=O)NCCc3ccc(N4CC5CC4CN5)cc3)sc2n1. The molecule has 5 rings (SSSR count). The van der Waals surface area contributed by atoms with Crippen molar-refractivity contribution in [3.8, 4) is 0 Å². The first kappa shape index (κ1) is 18.4. The summed E-state index contributed by atoms with van der Waals surface area (Å²) in [5, 5.41) is 7.39. The molecule has 2 bridgehead atoms. The zero-order valence-electron chi connectivity index (χ0n) is 16.4. The Morgan fingerprint density at radius 3 is 2.86 bits per heavy atom. The number of nitrogen functional groups attached to an aromatic ring is 1. The summed E-state index contributed by atoms with van der Waals surface area (Å²) < 4.78 is 0. The summed E-state index contributed by atoms with van der Waals surface area (Å²) in [5.41, 5.74) is 10.1. The van der Waals surface area contributed by atoms with Crippen LogP contribution in [0.5, 0.6) is 0 Å². The van der Waals surface area contributed by atoms with E-state index in [0.717, 1.165) is 35.4 Å². The highest BCUT2D eigenvalue weighted by molar-refractivity contribution is 7.21. The van der Waals surface area contributed by atoms with Crippen LogP contribution in [0.2, 0.25) is 0 Å². The zero-order valence-corrected chi connectivity index (χ0v) is 17.3. The van der Waals surface area contributed by atoms with Crippen molar-refractivity contribution in [3.05, 3.63) is 52.5 Å². The fourth-order valence-electron chi connectivity index (χ4n) is 4.39. The molecular weight excluding hydrogens is 382 g/mol. The minimum atomic E-state index is -0.125. The van der Waals surface area contributed by atoms with E-state index in [-0.39, 0.29) is 5.91 Å². The summed E-state index contributed by atoms with van der Waals surface area (Å²) in [4.78, 5) is 20.9.